The highest BCUT2D eigenvalue weighted by atomic mass is 79.9. The Morgan fingerprint density at radius 2 is 2.06 bits per heavy atom. The summed E-state index contributed by atoms with van der Waals surface area (Å²) in [4.78, 5) is 2.54. The Labute approximate surface area is 113 Å². The van der Waals surface area contributed by atoms with E-state index in [1.165, 1.54) is 43.6 Å². The van der Waals surface area contributed by atoms with Crippen LogP contribution in [0.3, 0.4) is 0 Å². The first-order valence-corrected chi connectivity index (χ1v) is 7.23. The number of hydrogen-bond donors (Lipinski definition) is 1. The van der Waals surface area contributed by atoms with Crippen molar-refractivity contribution in [3.63, 3.8) is 0 Å². The second-order valence-corrected chi connectivity index (χ2v) is 5.71. The van der Waals surface area contributed by atoms with Crippen LogP contribution in [0.2, 0.25) is 0 Å². The molecule has 1 aromatic rings. The number of rotatable bonds is 5. The predicted octanol–water partition coefficient (Wildman–Crippen LogP) is 2.94. The molecule has 0 unspecified atom stereocenters. The summed E-state index contributed by atoms with van der Waals surface area (Å²) in [5.74, 6) is 0. The van der Waals surface area contributed by atoms with Crippen LogP contribution in [0.15, 0.2) is 22.7 Å². The van der Waals surface area contributed by atoms with Gasteiger partial charge in [-0.15, -0.1) is 0 Å². The lowest BCUT2D eigenvalue weighted by molar-refractivity contribution is 0.335. The van der Waals surface area contributed by atoms with Crippen LogP contribution in [0.25, 0.3) is 0 Å². The number of hydrogen-bond acceptors (Lipinski definition) is 2. The topological polar surface area (TPSA) is 15.3 Å². The first-order valence-electron chi connectivity index (χ1n) is 6.44. The summed E-state index contributed by atoms with van der Waals surface area (Å²) in [6, 6.07) is 6.49. The Kier molecular flexibility index (Phi) is 5.01. The van der Waals surface area contributed by atoms with Gasteiger partial charge in [-0.2, -0.15) is 0 Å². The molecular weight excluding hydrogens is 276 g/mol. The van der Waals surface area contributed by atoms with E-state index in [2.05, 4.69) is 51.3 Å². The molecule has 1 aliphatic heterocycles. The van der Waals surface area contributed by atoms with Gasteiger partial charge in [0.2, 0.25) is 0 Å². The fourth-order valence-corrected chi connectivity index (χ4v) is 2.80. The molecule has 3 heteroatoms. The molecule has 94 valence electrons. The highest BCUT2D eigenvalue weighted by Crippen LogP contribution is 2.15. The van der Waals surface area contributed by atoms with E-state index in [9.17, 15) is 0 Å². The van der Waals surface area contributed by atoms with Gasteiger partial charge in [0.1, 0.15) is 0 Å². The molecule has 2 nitrogen and oxygen atoms in total. The minimum Gasteiger partial charge on any atom is -0.311 e. The second kappa shape index (κ2) is 6.53. The van der Waals surface area contributed by atoms with E-state index in [1.807, 2.05) is 0 Å². The third kappa shape index (κ3) is 4.09. The highest BCUT2D eigenvalue weighted by Gasteiger charge is 2.09. The van der Waals surface area contributed by atoms with E-state index in [4.69, 9.17) is 0 Å². The largest absolute Gasteiger partial charge is 0.311 e. The summed E-state index contributed by atoms with van der Waals surface area (Å²) in [7, 11) is 0. The highest BCUT2D eigenvalue weighted by molar-refractivity contribution is 9.10. The summed E-state index contributed by atoms with van der Waals surface area (Å²) < 4.78 is 1.16. The van der Waals surface area contributed by atoms with Gasteiger partial charge in [0.05, 0.1) is 0 Å². The monoisotopic (exact) mass is 296 g/mol. The van der Waals surface area contributed by atoms with E-state index in [0.717, 1.165) is 17.6 Å². The number of benzene rings is 1. The number of halogens is 1. The van der Waals surface area contributed by atoms with Gasteiger partial charge in [-0.05, 0) is 56.1 Å². The van der Waals surface area contributed by atoms with E-state index in [-0.39, 0.29) is 0 Å². The minimum atomic E-state index is 0.979. The molecule has 2 rings (SSSR count). The van der Waals surface area contributed by atoms with Gasteiger partial charge in [-0.25, -0.2) is 0 Å². The van der Waals surface area contributed by atoms with Gasteiger partial charge in [-0.3, -0.25) is 0 Å². The van der Waals surface area contributed by atoms with Crippen molar-refractivity contribution in [2.45, 2.75) is 26.3 Å². The molecule has 0 saturated carbocycles. The molecule has 0 radical (unpaired) electrons. The van der Waals surface area contributed by atoms with Crippen LogP contribution in [0.1, 0.15) is 24.0 Å². The first-order chi connectivity index (χ1) is 8.25. The average molecular weight is 297 g/mol. The molecule has 1 fully saturated rings. The Morgan fingerprint density at radius 3 is 2.76 bits per heavy atom. The summed E-state index contributed by atoms with van der Waals surface area (Å²) in [6.45, 7) is 8.01. The fourth-order valence-electron chi connectivity index (χ4n) is 2.32. The first kappa shape index (κ1) is 13.1. The van der Waals surface area contributed by atoms with Crippen LogP contribution in [0, 0.1) is 6.92 Å². The molecule has 1 aliphatic rings. The zero-order valence-corrected chi connectivity index (χ0v) is 12.1. The Bertz CT molecular complexity index is 359. The quantitative estimate of drug-likeness (QED) is 0.841. The van der Waals surface area contributed by atoms with Gasteiger partial charge in [-0.1, -0.05) is 22.0 Å². The molecule has 0 aromatic heterocycles. The molecule has 1 saturated heterocycles. The van der Waals surface area contributed by atoms with Crippen molar-refractivity contribution < 1.29 is 0 Å². The summed E-state index contributed by atoms with van der Waals surface area (Å²) in [6.07, 6.45) is 2.76. The van der Waals surface area contributed by atoms with Crippen LogP contribution in [-0.4, -0.2) is 31.1 Å². The molecule has 0 bridgehead atoms. The predicted molar refractivity (Wildman–Crippen MR) is 76.3 cm³/mol. The van der Waals surface area contributed by atoms with Crippen LogP contribution < -0.4 is 5.32 Å². The van der Waals surface area contributed by atoms with Crippen molar-refractivity contribution in [1.82, 2.24) is 10.2 Å². The number of nitrogens with one attached hydrogen (secondary N) is 1. The van der Waals surface area contributed by atoms with Crippen molar-refractivity contribution in [2.75, 3.05) is 26.2 Å². The van der Waals surface area contributed by atoms with E-state index in [1.54, 1.807) is 0 Å². The second-order valence-electron chi connectivity index (χ2n) is 4.80. The van der Waals surface area contributed by atoms with Crippen LogP contribution >= 0.6 is 15.9 Å². The maximum absolute atomic E-state index is 3.53. The maximum Gasteiger partial charge on any atom is 0.0208 e. The molecule has 1 aromatic carbocycles. The van der Waals surface area contributed by atoms with Gasteiger partial charge in [0.25, 0.3) is 0 Å². The molecule has 0 aliphatic carbocycles. The maximum atomic E-state index is 3.53. The van der Waals surface area contributed by atoms with Crippen LogP contribution in [-0.2, 0) is 6.54 Å². The summed E-state index contributed by atoms with van der Waals surface area (Å²) in [5.41, 5.74) is 2.75. The van der Waals surface area contributed by atoms with Crippen molar-refractivity contribution in [2.24, 2.45) is 0 Å². The smallest absolute Gasteiger partial charge is 0.0208 e. The summed E-state index contributed by atoms with van der Waals surface area (Å²) in [5, 5.41) is 3.53. The van der Waals surface area contributed by atoms with Gasteiger partial charge in [0.15, 0.2) is 0 Å². The third-order valence-corrected chi connectivity index (χ3v) is 3.92. The van der Waals surface area contributed by atoms with Crippen molar-refractivity contribution >= 4 is 15.9 Å². The lowest BCUT2D eigenvalue weighted by Gasteiger charge is -2.15. The van der Waals surface area contributed by atoms with Crippen molar-refractivity contribution in [3.8, 4) is 0 Å². The van der Waals surface area contributed by atoms with Crippen LogP contribution in [0.5, 0.6) is 0 Å². The molecular formula is C14H21BrN2. The van der Waals surface area contributed by atoms with Gasteiger partial charge >= 0.3 is 0 Å². The summed E-state index contributed by atoms with van der Waals surface area (Å²) >= 11 is 3.50. The zero-order valence-electron chi connectivity index (χ0n) is 10.5. The average Bonchev–Trinajstić information content (AvgIpc) is 2.79. The standard InChI is InChI=1S/C14H21BrN2/c1-12-10-14(15)5-4-13(12)11-16-6-9-17-7-2-3-8-17/h4-5,10,16H,2-3,6-9,11H2,1H3. The minimum absolute atomic E-state index is 0.979. The number of likely N-dealkylation sites (tertiary alicyclic amines) is 1. The Balaban J connectivity index is 1.70. The van der Waals surface area contributed by atoms with Crippen molar-refractivity contribution in [1.29, 1.82) is 0 Å². The van der Waals surface area contributed by atoms with E-state index in [0.29, 0.717) is 0 Å². The van der Waals surface area contributed by atoms with Gasteiger partial charge < -0.3 is 10.2 Å². The fraction of sp³-hybridized carbons (Fsp3) is 0.571. The normalized spacial score (nSPS) is 16.6. The lowest BCUT2D eigenvalue weighted by Crippen LogP contribution is -2.29. The molecule has 1 heterocycles. The van der Waals surface area contributed by atoms with Crippen LogP contribution in [0.4, 0.5) is 0 Å². The number of aryl methyl sites for hydroxylation is 1. The lowest BCUT2D eigenvalue weighted by atomic mass is 10.1. The SMILES string of the molecule is Cc1cc(Br)ccc1CNCCN1CCCC1. The van der Waals surface area contributed by atoms with E-state index >= 15 is 0 Å². The zero-order chi connectivity index (χ0) is 12.1. The third-order valence-electron chi connectivity index (χ3n) is 3.42. The van der Waals surface area contributed by atoms with Gasteiger partial charge in [0, 0.05) is 24.1 Å². The molecule has 0 amide bonds. The van der Waals surface area contributed by atoms with Crippen molar-refractivity contribution in [3.05, 3.63) is 33.8 Å². The molecule has 1 N–H and O–H groups in total. The Morgan fingerprint density at radius 1 is 1.29 bits per heavy atom. The molecule has 0 spiro atoms. The van der Waals surface area contributed by atoms with E-state index < -0.39 is 0 Å². The molecule has 0 atom stereocenters. The Hall–Kier alpha value is -0.380. The molecule has 17 heavy (non-hydrogen) atoms. The number of nitrogens with zero attached hydrogens (tertiary/aromatic N) is 1.